The van der Waals surface area contributed by atoms with Gasteiger partial charge in [0, 0.05) is 25.8 Å². The van der Waals surface area contributed by atoms with Crippen molar-refractivity contribution in [1.82, 2.24) is 19.6 Å². The Labute approximate surface area is 124 Å². The Morgan fingerprint density at radius 2 is 2.24 bits per heavy atom. The van der Waals surface area contributed by atoms with E-state index in [0.29, 0.717) is 6.54 Å². The maximum absolute atomic E-state index is 12.2. The fraction of sp³-hybridized carbons (Fsp3) is 0.357. The lowest BCUT2D eigenvalue weighted by Gasteiger charge is -2.26. The van der Waals surface area contributed by atoms with Crippen molar-refractivity contribution in [1.29, 1.82) is 0 Å². The number of nitrogens with zero attached hydrogens (tertiary/aromatic N) is 2. The number of nitrogens with one attached hydrogen (secondary N) is 2. The minimum atomic E-state index is -3.56. The molecule has 6 nitrogen and oxygen atoms in total. The number of aryl methyl sites for hydroxylation is 1. The quantitative estimate of drug-likeness (QED) is 0.866. The van der Waals surface area contributed by atoms with Crippen molar-refractivity contribution in [2.45, 2.75) is 17.5 Å². The van der Waals surface area contributed by atoms with Crippen LogP contribution >= 0.6 is 0 Å². The molecule has 0 amide bonds. The van der Waals surface area contributed by atoms with Gasteiger partial charge in [-0.2, -0.15) is 0 Å². The van der Waals surface area contributed by atoms with Crippen molar-refractivity contribution in [2.75, 3.05) is 13.1 Å². The van der Waals surface area contributed by atoms with Crippen LogP contribution in [0.4, 0.5) is 0 Å². The third-order valence-corrected chi connectivity index (χ3v) is 4.96. The molecular weight excluding hydrogens is 288 g/mol. The predicted octanol–water partition coefficient (Wildman–Crippen LogP) is 0.585. The van der Waals surface area contributed by atoms with Crippen LogP contribution in [0.1, 0.15) is 17.2 Å². The first-order valence-electron chi connectivity index (χ1n) is 6.85. The van der Waals surface area contributed by atoms with Crippen molar-refractivity contribution in [2.24, 2.45) is 7.05 Å². The number of aromatic nitrogens is 2. The Kier molecular flexibility index (Phi) is 3.79. The van der Waals surface area contributed by atoms with Gasteiger partial charge in [0.1, 0.15) is 0 Å². The molecule has 1 unspecified atom stereocenters. The average Bonchev–Trinajstić information content (AvgIpc) is 2.93. The molecule has 7 heteroatoms. The molecule has 1 aromatic carbocycles. The summed E-state index contributed by atoms with van der Waals surface area (Å²) in [6, 6.07) is 8.12. The highest BCUT2D eigenvalue weighted by molar-refractivity contribution is 7.89. The van der Waals surface area contributed by atoms with Crippen LogP contribution in [-0.4, -0.2) is 31.1 Å². The zero-order chi connectivity index (χ0) is 14.9. The smallest absolute Gasteiger partial charge is 0.259 e. The molecule has 1 aliphatic rings. The van der Waals surface area contributed by atoms with E-state index in [1.807, 2.05) is 18.2 Å². The minimum absolute atomic E-state index is 0.00608. The summed E-state index contributed by atoms with van der Waals surface area (Å²) in [5, 5.41) is 3.40. The van der Waals surface area contributed by atoms with Gasteiger partial charge >= 0.3 is 0 Å². The van der Waals surface area contributed by atoms with E-state index in [-0.39, 0.29) is 11.1 Å². The molecule has 0 saturated heterocycles. The van der Waals surface area contributed by atoms with Crippen molar-refractivity contribution >= 4 is 10.0 Å². The van der Waals surface area contributed by atoms with E-state index in [0.717, 1.165) is 18.5 Å². The van der Waals surface area contributed by atoms with Crippen LogP contribution in [0.25, 0.3) is 0 Å². The Bertz CT molecular complexity index is 739. The number of imidazole rings is 1. The van der Waals surface area contributed by atoms with Gasteiger partial charge in [0.2, 0.25) is 0 Å². The fourth-order valence-electron chi connectivity index (χ4n) is 2.57. The first-order chi connectivity index (χ1) is 10.1. The zero-order valence-electron chi connectivity index (χ0n) is 11.8. The minimum Gasteiger partial charge on any atom is -0.339 e. The first kappa shape index (κ1) is 14.2. The van der Waals surface area contributed by atoms with Gasteiger partial charge in [0.25, 0.3) is 10.0 Å². The van der Waals surface area contributed by atoms with E-state index in [2.05, 4.69) is 21.1 Å². The summed E-state index contributed by atoms with van der Waals surface area (Å²) in [7, 11) is -1.82. The van der Waals surface area contributed by atoms with Gasteiger partial charge in [-0.25, -0.2) is 18.1 Å². The molecular formula is C14H18N4O2S. The molecule has 1 atom stereocenters. The van der Waals surface area contributed by atoms with Gasteiger partial charge in [-0.05, 0) is 24.1 Å². The Balaban J connectivity index is 1.74. The van der Waals surface area contributed by atoms with Gasteiger partial charge in [-0.1, -0.05) is 24.3 Å². The summed E-state index contributed by atoms with van der Waals surface area (Å²) in [6.07, 6.45) is 3.94. The topological polar surface area (TPSA) is 76.0 Å². The Morgan fingerprint density at radius 1 is 1.43 bits per heavy atom. The second-order valence-electron chi connectivity index (χ2n) is 5.18. The van der Waals surface area contributed by atoms with E-state index in [1.165, 1.54) is 18.1 Å². The normalized spacial score (nSPS) is 18.4. The van der Waals surface area contributed by atoms with Gasteiger partial charge < -0.3 is 9.88 Å². The summed E-state index contributed by atoms with van der Waals surface area (Å²) in [5.74, 6) is 0. The molecule has 0 saturated carbocycles. The number of sulfonamides is 1. The average molecular weight is 306 g/mol. The van der Waals surface area contributed by atoms with Crippen molar-refractivity contribution in [3.63, 3.8) is 0 Å². The SMILES string of the molecule is Cn1cnc(S(=O)(=O)NCC2NCCc3ccccc32)c1. The molecule has 0 bridgehead atoms. The molecule has 112 valence electrons. The zero-order valence-corrected chi connectivity index (χ0v) is 12.6. The molecule has 0 aliphatic carbocycles. The third-order valence-electron chi connectivity index (χ3n) is 3.65. The number of hydrogen-bond donors (Lipinski definition) is 2. The number of hydrogen-bond acceptors (Lipinski definition) is 4. The lowest BCUT2D eigenvalue weighted by atomic mass is 9.95. The maximum atomic E-state index is 12.2. The largest absolute Gasteiger partial charge is 0.339 e. The van der Waals surface area contributed by atoms with Crippen LogP contribution in [0.5, 0.6) is 0 Å². The first-order valence-corrected chi connectivity index (χ1v) is 8.33. The summed E-state index contributed by atoms with van der Waals surface area (Å²) in [5.41, 5.74) is 2.44. The highest BCUT2D eigenvalue weighted by atomic mass is 32.2. The van der Waals surface area contributed by atoms with Crippen LogP contribution in [0.3, 0.4) is 0 Å². The van der Waals surface area contributed by atoms with E-state index in [4.69, 9.17) is 0 Å². The van der Waals surface area contributed by atoms with Gasteiger partial charge in [0.05, 0.1) is 6.33 Å². The van der Waals surface area contributed by atoms with Gasteiger partial charge in [-0.15, -0.1) is 0 Å². The van der Waals surface area contributed by atoms with Crippen LogP contribution in [-0.2, 0) is 23.5 Å². The lowest BCUT2D eigenvalue weighted by molar-refractivity contribution is 0.491. The highest BCUT2D eigenvalue weighted by Gasteiger charge is 2.23. The number of benzene rings is 1. The summed E-state index contributed by atoms with van der Waals surface area (Å²) in [6.45, 7) is 1.17. The molecule has 2 N–H and O–H groups in total. The maximum Gasteiger partial charge on any atom is 0.259 e. The summed E-state index contributed by atoms with van der Waals surface area (Å²) < 4.78 is 28.6. The predicted molar refractivity (Wildman–Crippen MR) is 79.3 cm³/mol. The summed E-state index contributed by atoms with van der Waals surface area (Å²) >= 11 is 0. The van der Waals surface area contributed by atoms with Crippen molar-refractivity contribution in [3.05, 3.63) is 47.9 Å². The van der Waals surface area contributed by atoms with Gasteiger partial charge in [-0.3, -0.25) is 0 Å². The van der Waals surface area contributed by atoms with E-state index >= 15 is 0 Å². The molecule has 21 heavy (non-hydrogen) atoms. The summed E-state index contributed by atoms with van der Waals surface area (Å²) in [4.78, 5) is 3.89. The Hall–Kier alpha value is -1.70. The monoisotopic (exact) mass is 306 g/mol. The molecule has 2 heterocycles. The fourth-order valence-corrected chi connectivity index (χ4v) is 3.59. The molecule has 0 spiro atoms. The molecule has 0 radical (unpaired) electrons. The van der Waals surface area contributed by atoms with Crippen LogP contribution < -0.4 is 10.0 Å². The molecule has 1 aliphatic heterocycles. The Morgan fingerprint density at radius 3 is 3.00 bits per heavy atom. The molecule has 0 fully saturated rings. The second kappa shape index (κ2) is 5.59. The van der Waals surface area contributed by atoms with Crippen LogP contribution in [0.2, 0.25) is 0 Å². The van der Waals surface area contributed by atoms with Crippen LogP contribution in [0.15, 0.2) is 41.8 Å². The third kappa shape index (κ3) is 2.99. The van der Waals surface area contributed by atoms with Gasteiger partial charge in [0.15, 0.2) is 5.03 Å². The molecule has 1 aromatic heterocycles. The number of rotatable bonds is 4. The number of fused-ring (bicyclic) bond motifs is 1. The van der Waals surface area contributed by atoms with Crippen molar-refractivity contribution in [3.8, 4) is 0 Å². The highest BCUT2D eigenvalue weighted by Crippen LogP contribution is 2.22. The lowest BCUT2D eigenvalue weighted by Crippen LogP contribution is -2.38. The van der Waals surface area contributed by atoms with E-state index in [9.17, 15) is 8.42 Å². The van der Waals surface area contributed by atoms with E-state index in [1.54, 1.807) is 11.6 Å². The van der Waals surface area contributed by atoms with Crippen molar-refractivity contribution < 1.29 is 8.42 Å². The molecule has 2 aromatic rings. The standard InChI is InChI=1S/C14H18N4O2S/c1-18-9-14(16-10-18)21(19,20)17-8-13-12-5-3-2-4-11(12)6-7-15-13/h2-5,9-10,13,15,17H,6-8H2,1H3. The second-order valence-corrected chi connectivity index (χ2v) is 6.90. The van der Waals surface area contributed by atoms with Crippen LogP contribution in [0, 0.1) is 0 Å². The van der Waals surface area contributed by atoms with E-state index < -0.39 is 10.0 Å². The molecule has 3 rings (SSSR count).